The Morgan fingerprint density at radius 3 is 1.93 bits per heavy atom. The zero-order valence-corrected chi connectivity index (χ0v) is 31.4. The molecule has 16 nitrogen and oxygen atoms in total. The first-order valence-corrected chi connectivity index (χ1v) is 15.7. The van der Waals surface area contributed by atoms with Crippen molar-refractivity contribution < 1.29 is 154 Å². The first-order chi connectivity index (χ1) is 19.2. The van der Waals surface area contributed by atoms with Crippen LogP contribution < -0.4 is 108 Å². The molecular weight excluding hydrogens is 667 g/mol. The molecular formula is C23H28K2N4O12S2. The number of hydrogen-bond acceptors (Lipinski definition) is 12. The van der Waals surface area contributed by atoms with Crippen LogP contribution in [0.4, 0.5) is 0 Å². The molecule has 0 unspecified atom stereocenters. The second-order valence-electron chi connectivity index (χ2n) is 10.1. The molecule has 2 saturated carbocycles. The molecule has 43 heavy (non-hydrogen) atoms. The third-order valence-corrected chi connectivity index (χ3v) is 10.3. The zero-order valence-electron chi connectivity index (χ0n) is 23.5. The van der Waals surface area contributed by atoms with Crippen molar-refractivity contribution in [2.75, 3.05) is 0 Å². The largest absolute Gasteiger partial charge is 1.00 e. The molecule has 0 aromatic carbocycles. The van der Waals surface area contributed by atoms with E-state index in [0.717, 1.165) is 11.1 Å². The standard InChI is InChI=1S/C23H30N4O12S2.2K/c28-21-17(19(12-39-32)24-26(21)13-4-8-15(9-5-13)40(33,34)35)2-1-3-18-20(23(30)31)25-27(22(18)29)14-6-10-16(11-7-14)41(36,37)38;;/h1-3,13-16,24,32H,4-12H2,(H,30,31)(H,33,34,35)(H,36,37,38);;/q;2*+1/p-2/b2-1+,18-3+;;. The summed E-state index contributed by atoms with van der Waals surface area (Å²) in [5.74, 6) is -2.22. The normalized spacial score (nSPS) is 25.8. The van der Waals surface area contributed by atoms with Crippen molar-refractivity contribution in [3.63, 3.8) is 0 Å². The molecule has 0 radical (unpaired) electrons. The molecule has 1 aliphatic heterocycles. The number of carboxylic acid groups (broad SMARTS) is 1. The van der Waals surface area contributed by atoms with Gasteiger partial charge in [0.15, 0.2) is 5.71 Å². The molecule has 1 aromatic heterocycles. The van der Waals surface area contributed by atoms with Gasteiger partial charge in [0.25, 0.3) is 11.5 Å². The van der Waals surface area contributed by atoms with Crippen LogP contribution in [-0.2, 0) is 41.3 Å². The van der Waals surface area contributed by atoms with E-state index in [9.17, 15) is 45.4 Å². The van der Waals surface area contributed by atoms with Crippen LogP contribution in [0, 0.1) is 0 Å². The number of carboxylic acids is 1. The van der Waals surface area contributed by atoms with Crippen molar-refractivity contribution in [1.82, 2.24) is 14.8 Å². The third kappa shape index (κ3) is 9.35. The number of allylic oxidation sites excluding steroid dienone is 2. The average Bonchev–Trinajstić information content (AvgIpc) is 3.40. The molecule has 4 rings (SSSR count). The maximum absolute atomic E-state index is 13.1. The van der Waals surface area contributed by atoms with Crippen LogP contribution in [0.3, 0.4) is 0 Å². The first-order valence-electron chi connectivity index (χ1n) is 12.8. The van der Waals surface area contributed by atoms with Crippen LogP contribution in [-0.4, -0.2) is 85.2 Å². The van der Waals surface area contributed by atoms with E-state index < -0.39 is 72.6 Å². The number of hydrazone groups is 1. The number of H-pyrrole nitrogens is 1. The molecule has 20 heteroatoms. The number of nitrogens with one attached hydrogen (secondary N) is 1. The summed E-state index contributed by atoms with van der Waals surface area (Å²) in [7, 11) is -8.93. The topological polar surface area (TPSA) is 252 Å². The smallest absolute Gasteiger partial charge is 0.748 e. The molecule has 2 fully saturated rings. The first kappa shape index (κ1) is 39.3. The molecule has 226 valence electrons. The maximum atomic E-state index is 13.1. The number of hydrogen-bond donors (Lipinski definition) is 3. The quantitative estimate of drug-likeness (QED) is 0.0719. The van der Waals surface area contributed by atoms with E-state index in [1.54, 1.807) is 0 Å². The van der Waals surface area contributed by atoms with Gasteiger partial charge in [0.2, 0.25) is 0 Å². The summed E-state index contributed by atoms with van der Waals surface area (Å²) in [6.07, 6.45) is 4.66. The van der Waals surface area contributed by atoms with E-state index in [4.69, 9.17) is 5.26 Å². The summed E-state index contributed by atoms with van der Waals surface area (Å²) in [6, 6.07) is -1.04. The SMILES string of the molecule is O=C(O)C1=NN(C2CCC(S(=O)(=O)[O-])CC2)C(=O)/C1=C/C=C/c1c(COO)[nH]n(C2CCC(S(=O)(=O)[O-])CC2)c1=O.[K+].[K+]. The minimum Gasteiger partial charge on any atom is -0.748 e. The molecule has 2 heterocycles. The summed E-state index contributed by atoms with van der Waals surface area (Å²) in [6.45, 7) is -0.418. The molecule has 3 N–H and O–H groups in total. The Morgan fingerprint density at radius 1 is 0.953 bits per heavy atom. The minimum absolute atomic E-state index is 0. The number of aromatic amines is 1. The van der Waals surface area contributed by atoms with Crippen LogP contribution >= 0.6 is 0 Å². The summed E-state index contributed by atoms with van der Waals surface area (Å²) in [5, 5.41) is 24.2. The van der Waals surface area contributed by atoms with Gasteiger partial charge in [0.05, 0.1) is 49.2 Å². The number of carbonyl (C=O) groups excluding carboxylic acids is 1. The van der Waals surface area contributed by atoms with Crippen LogP contribution in [0.1, 0.15) is 68.7 Å². The monoisotopic (exact) mass is 694 g/mol. The molecule has 0 bridgehead atoms. The third-order valence-electron chi connectivity index (χ3n) is 7.68. The van der Waals surface area contributed by atoms with Crippen molar-refractivity contribution in [3.8, 4) is 0 Å². The van der Waals surface area contributed by atoms with Gasteiger partial charge in [0, 0.05) is 10.5 Å². The van der Waals surface area contributed by atoms with Crippen LogP contribution in [0.2, 0.25) is 0 Å². The Balaban J connectivity index is 0.00000323. The fraction of sp³-hybridized carbons (Fsp3) is 0.565. The van der Waals surface area contributed by atoms with Crippen LogP contribution in [0.15, 0.2) is 27.6 Å². The van der Waals surface area contributed by atoms with Crippen molar-refractivity contribution in [2.24, 2.45) is 5.10 Å². The minimum atomic E-state index is -4.48. The van der Waals surface area contributed by atoms with Crippen molar-refractivity contribution in [1.29, 1.82) is 0 Å². The molecule has 0 atom stereocenters. The Bertz CT molecular complexity index is 1570. The molecule has 3 aliphatic rings. The van der Waals surface area contributed by atoms with E-state index in [2.05, 4.69) is 15.1 Å². The molecule has 1 amide bonds. The maximum Gasteiger partial charge on any atom is 1.00 e. The Hall–Kier alpha value is 0.113. The van der Waals surface area contributed by atoms with E-state index in [-0.39, 0.29) is 171 Å². The molecule has 1 aromatic rings. The van der Waals surface area contributed by atoms with E-state index in [0.29, 0.717) is 0 Å². The number of aromatic nitrogens is 2. The summed E-state index contributed by atoms with van der Waals surface area (Å²) >= 11 is 0. The van der Waals surface area contributed by atoms with Gasteiger partial charge in [-0.25, -0.2) is 36.2 Å². The van der Waals surface area contributed by atoms with Crippen LogP contribution in [0.5, 0.6) is 0 Å². The molecule has 2 aliphatic carbocycles. The number of amides is 1. The van der Waals surface area contributed by atoms with Gasteiger partial charge < -0.3 is 14.2 Å². The zero-order chi connectivity index (χ0) is 30.1. The Labute approximate surface area is 332 Å². The van der Waals surface area contributed by atoms with Gasteiger partial charge in [-0.15, -0.1) is 0 Å². The summed E-state index contributed by atoms with van der Waals surface area (Å²) in [5.41, 5.74) is -1.18. The van der Waals surface area contributed by atoms with Gasteiger partial charge in [-0.3, -0.25) is 19.9 Å². The summed E-state index contributed by atoms with van der Waals surface area (Å²) in [4.78, 5) is 42.2. The van der Waals surface area contributed by atoms with Gasteiger partial charge in [-0.2, -0.15) is 5.10 Å². The Kier molecular flexibility index (Phi) is 14.9. The van der Waals surface area contributed by atoms with Gasteiger partial charge in [-0.05, 0) is 63.5 Å². The second kappa shape index (κ2) is 16.3. The van der Waals surface area contributed by atoms with Crippen LogP contribution in [0.25, 0.3) is 6.08 Å². The van der Waals surface area contributed by atoms with Gasteiger partial charge >= 0.3 is 109 Å². The van der Waals surface area contributed by atoms with Gasteiger partial charge in [-0.1, -0.05) is 6.08 Å². The van der Waals surface area contributed by atoms with Gasteiger partial charge in [0.1, 0.15) is 6.61 Å². The molecule has 0 spiro atoms. The fourth-order valence-corrected chi connectivity index (χ4v) is 7.22. The predicted molar refractivity (Wildman–Crippen MR) is 138 cm³/mol. The summed E-state index contributed by atoms with van der Waals surface area (Å²) < 4.78 is 69.1. The second-order valence-corrected chi connectivity index (χ2v) is 13.4. The number of aliphatic carboxylic acids is 1. The number of rotatable bonds is 9. The van der Waals surface area contributed by atoms with E-state index in [1.807, 2.05) is 0 Å². The van der Waals surface area contributed by atoms with E-state index >= 15 is 0 Å². The average molecular weight is 695 g/mol. The fourth-order valence-electron chi connectivity index (χ4n) is 5.52. The number of nitrogens with zero attached hydrogens (tertiary/aromatic N) is 3. The van der Waals surface area contributed by atoms with Crippen molar-refractivity contribution >= 4 is 43.9 Å². The molecule has 0 saturated heterocycles. The van der Waals surface area contributed by atoms with Crippen molar-refractivity contribution in [3.05, 3.63) is 39.3 Å². The number of carbonyl (C=O) groups is 2. The van der Waals surface area contributed by atoms with Crippen molar-refractivity contribution in [2.45, 2.75) is 80.6 Å². The van der Waals surface area contributed by atoms with E-state index in [1.165, 1.54) is 16.8 Å². The predicted octanol–water partition coefficient (Wildman–Crippen LogP) is -5.72. The Morgan fingerprint density at radius 2 is 1.47 bits per heavy atom.